The highest BCUT2D eigenvalue weighted by Gasteiger charge is 2.48. The molecule has 1 atom stereocenters. The van der Waals surface area contributed by atoms with E-state index in [1.54, 1.807) is 0 Å². The van der Waals surface area contributed by atoms with Crippen LogP contribution in [0, 0.1) is 5.92 Å². The Morgan fingerprint density at radius 2 is 2.18 bits per heavy atom. The minimum absolute atomic E-state index is 0.175. The first-order valence-electron chi connectivity index (χ1n) is 6.59. The Balaban J connectivity index is 1.60. The van der Waals surface area contributed by atoms with E-state index in [4.69, 9.17) is 0 Å². The summed E-state index contributed by atoms with van der Waals surface area (Å²) in [4.78, 5) is 18.7. The van der Waals surface area contributed by atoms with Gasteiger partial charge in [0.2, 0.25) is 5.91 Å². The predicted octanol–water partition coefficient (Wildman–Crippen LogP) is 1.17. The molecule has 4 heteroatoms. The standard InChI is InChI=1S/C13H17N3O/c17-11(10-1-2-10)16-7-4-13(9-16)3-6-15-8-5-14-12(13)15/h5,8,10H,1-4,6-7,9H2/t13-/m0/s1. The van der Waals surface area contributed by atoms with Gasteiger partial charge in [0.25, 0.3) is 0 Å². The van der Waals surface area contributed by atoms with Crippen LogP contribution in [0.1, 0.15) is 31.5 Å². The summed E-state index contributed by atoms with van der Waals surface area (Å²) in [6.07, 6.45) is 8.43. The summed E-state index contributed by atoms with van der Waals surface area (Å²) in [5, 5.41) is 0. The summed E-state index contributed by atoms with van der Waals surface area (Å²) in [7, 11) is 0. The van der Waals surface area contributed by atoms with Gasteiger partial charge >= 0.3 is 0 Å². The van der Waals surface area contributed by atoms with Gasteiger partial charge in [0, 0.05) is 43.4 Å². The molecule has 4 rings (SSSR count). The van der Waals surface area contributed by atoms with Gasteiger partial charge in [-0.25, -0.2) is 4.98 Å². The number of aromatic nitrogens is 2. The van der Waals surface area contributed by atoms with E-state index in [1.807, 2.05) is 6.20 Å². The number of imidazole rings is 1. The fourth-order valence-electron chi connectivity index (χ4n) is 3.43. The molecule has 1 saturated carbocycles. The highest BCUT2D eigenvalue weighted by Crippen LogP contribution is 2.43. The number of rotatable bonds is 1. The summed E-state index contributed by atoms with van der Waals surface area (Å²) in [5.41, 5.74) is 0.175. The minimum atomic E-state index is 0.175. The predicted molar refractivity (Wildman–Crippen MR) is 62.4 cm³/mol. The van der Waals surface area contributed by atoms with Gasteiger partial charge in [-0.05, 0) is 25.7 Å². The van der Waals surface area contributed by atoms with Crippen LogP contribution in [0.2, 0.25) is 0 Å². The van der Waals surface area contributed by atoms with Gasteiger partial charge in [0.15, 0.2) is 0 Å². The summed E-state index contributed by atoms with van der Waals surface area (Å²) in [5.74, 6) is 1.96. The van der Waals surface area contributed by atoms with E-state index in [2.05, 4.69) is 20.6 Å². The molecule has 0 unspecified atom stereocenters. The smallest absolute Gasteiger partial charge is 0.225 e. The minimum Gasteiger partial charge on any atom is -0.341 e. The van der Waals surface area contributed by atoms with Crippen molar-refractivity contribution in [3.8, 4) is 0 Å². The van der Waals surface area contributed by atoms with Crippen molar-refractivity contribution in [3.05, 3.63) is 18.2 Å². The Morgan fingerprint density at radius 3 is 3.00 bits per heavy atom. The van der Waals surface area contributed by atoms with E-state index in [0.29, 0.717) is 11.8 Å². The molecule has 1 amide bonds. The molecule has 3 aliphatic rings. The van der Waals surface area contributed by atoms with Crippen molar-refractivity contribution in [1.29, 1.82) is 0 Å². The van der Waals surface area contributed by atoms with Crippen LogP contribution in [-0.4, -0.2) is 33.4 Å². The van der Waals surface area contributed by atoms with E-state index in [0.717, 1.165) is 45.3 Å². The molecule has 1 aromatic heterocycles. The molecule has 0 radical (unpaired) electrons. The number of fused-ring (bicyclic) bond motifs is 2. The van der Waals surface area contributed by atoms with E-state index in [1.165, 1.54) is 5.82 Å². The molecular formula is C13H17N3O. The number of aryl methyl sites for hydroxylation is 1. The lowest BCUT2D eigenvalue weighted by atomic mass is 9.85. The lowest BCUT2D eigenvalue weighted by molar-refractivity contribution is -0.131. The quantitative estimate of drug-likeness (QED) is 0.727. The molecule has 1 aliphatic carbocycles. The lowest BCUT2D eigenvalue weighted by Crippen LogP contribution is -2.34. The van der Waals surface area contributed by atoms with Crippen LogP contribution >= 0.6 is 0 Å². The van der Waals surface area contributed by atoms with Crippen molar-refractivity contribution in [1.82, 2.24) is 14.5 Å². The first-order chi connectivity index (χ1) is 8.28. The molecule has 3 heterocycles. The number of hydrogen-bond donors (Lipinski definition) is 0. The molecule has 17 heavy (non-hydrogen) atoms. The molecule has 2 fully saturated rings. The maximum Gasteiger partial charge on any atom is 0.225 e. The number of amides is 1. The first kappa shape index (κ1) is 9.68. The highest BCUT2D eigenvalue weighted by molar-refractivity contribution is 5.81. The molecule has 1 spiro atoms. The molecule has 0 N–H and O–H groups in total. The molecule has 90 valence electrons. The first-order valence-corrected chi connectivity index (χ1v) is 6.59. The van der Waals surface area contributed by atoms with Gasteiger partial charge < -0.3 is 9.47 Å². The van der Waals surface area contributed by atoms with E-state index in [-0.39, 0.29) is 5.41 Å². The maximum absolute atomic E-state index is 12.1. The van der Waals surface area contributed by atoms with Crippen LogP contribution in [-0.2, 0) is 16.8 Å². The maximum atomic E-state index is 12.1. The Kier molecular flexibility index (Phi) is 1.78. The zero-order chi connectivity index (χ0) is 11.5. The largest absolute Gasteiger partial charge is 0.341 e. The van der Waals surface area contributed by atoms with Gasteiger partial charge in [-0.15, -0.1) is 0 Å². The molecule has 4 nitrogen and oxygen atoms in total. The number of carbonyl (C=O) groups is 1. The van der Waals surface area contributed by atoms with Crippen LogP contribution in [0.3, 0.4) is 0 Å². The van der Waals surface area contributed by atoms with Gasteiger partial charge in [-0.2, -0.15) is 0 Å². The van der Waals surface area contributed by atoms with Crippen LogP contribution in [0.4, 0.5) is 0 Å². The molecule has 0 aromatic carbocycles. The summed E-state index contributed by atoms with van der Waals surface area (Å²) >= 11 is 0. The van der Waals surface area contributed by atoms with E-state index in [9.17, 15) is 4.79 Å². The summed E-state index contributed by atoms with van der Waals surface area (Å²) < 4.78 is 2.26. The fourth-order valence-corrected chi connectivity index (χ4v) is 3.43. The van der Waals surface area contributed by atoms with Gasteiger partial charge in [0.05, 0.1) is 0 Å². The monoisotopic (exact) mass is 231 g/mol. The number of nitrogens with zero attached hydrogens (tertiary/aromatic N) is 3. The third-order valence-corrected chi connectivity index (χ3v) is 4.61. The highest BCUT2D eigenvalue weighted by atomic mass is 16.2. The normalized spacial score (nSPS) is 31.2. The Bertz CT molecular complexity index is 477. The second-order valence-electron chi connectivity index (χ2n) is 5.76. The summed E-state index contributed by atoms with van der Waals surface area (Å²) in [6.45, 7) is 2.91. The van der Waals surface area contributed by atoms with Crippen LogP contribution in [0.25, 0.3) is 0 Å². The molecule has 1 aromatic rings. The van der Waals surface area contributed by atoms with E-state index >= 15 is 0 Å². The lowest BCUT2D eigenvalue weighted by Gasteiger charge is -2.22. The van der Waals surface area contributed by atoms with Gasteiger partial charge in [-0.1, -0.05) is 0 Å². The molecular weight excluding hydrogens is 214 g/mol. The summed E-state index contributed by atoms with van der Waals surface area (Å²) in [6, 6.07) is 0. The topological polar surface area (TPSA) is 38.1 Å². The average Bonchev–Trinajstić information content (AvgIpc) is 2.80. The molecule has 1 saturated heterocycles. The van der Waals surface area contributed by atoms with Crippen molar-refractivity contribution in [2.75, 3.05) is 13.1 Å². The Morgan fingerprint density at radius 1 is 1.35 bits per heavy atom. The van der Waals surface area contributed by atoms with Crippen molar-refractivity contribution >= 4 is 5.91 Å². The van der Waals surface area contributed by atoms with Crippen molar-refractivity contribution < 1.29 is 4.79 Å². The molecule has 0 bridgehead atoms. The van der Waals surface area contributed by atoms with E-state index < -0.39 is 0 Å². The second-order valence-corrected chi connectivity index (χ2v) is 5.76. The van der Waals surface area contributed by atoms with Crippen molar-refractivity contribution in [2.45, 2.75) is 37.6 Å². The zero-order valence-corrected chi connectivity index (χ0v) is 9.93. The van der Waals surface area contributed by atoms with Crippen molar-refractivity contribution in [2.24, 2.45) is 5.92 Å². The zero-order valence-electron chi connectivity index (χ0n) is 9.93. The van der Waals surface area contributed by atoms with Crippen LogP contribution in [0.5, 0.6) is 0 Å². The van der Waals surface area contributed by atoms with Crippen molar-refractivity contribution in [3.63, 3.8) is 0 Å². The third kappa shape index (κ3) is 1.30. The second kappa shape index (κ2) is 3.12. The number of likely N-dealkylation sites (tertiary alicyclic amines) is 1. The van der Waals surface area contributed by atoms with Gasteiger partial charge in [-0.3, -0.25) is 4.79 Å². The Labute approximate surface area is 101 Å². The SMILES string of the molecule is O=C(C1CC1)N1CC[C@@]2(CCn3ccnc32)C1. The molecule has 2 aliphatic heterocycles. The number of carbonyl (C=O) groups excluding carboxylic acids is 1. The average molecular weight is 231 g/mol. The fraction of sp³-hybridized carbons (Fsp3) is 0.692. The van der Waals surface area contributed by atoms with Crippen LogP contribution in [0.15, 0.2) is 12.4 Å². The van der Waals surface area contributed by atoms with Gasteiger partial charge in [0.1, 0.15) is 5.82 Å². The number of hydrogen-bond acceptors (Lipinski definition) is 2. The van der Waals surface area contributed by atoms with Crippen LogP contribution < -0.4 is 0 Å². The Hall–Kier alpha value is -1.32. The third-order valence-electron chi connectivity index (χ3n) is 4.61.